The monoisotopic (exact) mass is 200 g/mol. The van der Waals surface area contributed by atoms with Crippen LogP contribution in [-0.4, -0.2) is 45.9 Å². The molecule has 0 radical (unpaired) electrons. The Hall–Kier alpha value is -1.70. The molecule has 0 saturated carbocycles. The molecule has 0 unspecified atom stereocenters. The van der Waals surface area contributed by atoms with Gasteiger partial charge in [-0.05, 0) is 10.4 Å². The number of ether oxygens (including phenoxy) is 1. The molecule has 3 N–H and O–H groups in total. The summed E-state index contributed by atoms with van der Waals surface area (Å²) in [4.78, 5) is 10.3. The van der Waals surface area contributed by atoms with Crippen molar-refractivity contribution >= 4 is 11.9 Å². The first-order valence-electron chi connectivity index (χ1n) is 4.02. The molecule has 8 nitrogen and oxygen atoms in total. The van der Waals surface area contributed by atoms with Crippen molar-refractivity contribution in [1.29, 1.82) is 0 Å². The van der Waals surface area contributed by atoms with Crippen molar-refractivity contribution in [3.05, 3.63) is 0 Å². The van der Waals surface area contributed by atoms with E-state index in [4.69, 9.17) is 10.5 Å². The van der Waals surface area contributed by atoms with Gasteiger partial charge >= 0.3 is 0 Å². The molecule has 1 rings (SSSR count). The van der Waals surface area contributed by atoms with Gasteiger partial charge in [0.1, 0.15) is 6.61 Å². The molecule has 0 saturated heterocycles. The van der Waals surface area contributed by atoms with Gasteiger partial charge < -0.3 is 15.8 Å². The van der Waals surface area contributed by atoms with Crippen molar-refractivity contribution in [2.24, 2.45) is 12.8 Å². The Kier molecular flexibility index (Phi) is 3.80. The van der Waals surface area contributed by atoms with Crippen molar-refractivity contribution < 1.29 is 9.53 Å². The van der Waals surface area contributed by atoms with Crippen LogP contribution >= 0.6 is 0 Å². The number of tetrazole rings is 1. The molecule has 0 aliphatic rings. The largest absolute Gasteiger partial charge is 0.370 e. The maximum atomic E-state index is 10.3. The van der Waals surface area contributed by atoms with Crippen LogP contribution in [0.3, 0.4) is 0 Å². The number of nitrogens with zero attached hydrogens (tertiary/aromatic N) is 4. The Labute approximate surface area is 80.4 Å². The zero-order valence-corrected chi connectivity index (χ0v) is 7.80. The minimum Gasteiger partial charge on any atom is -0.370 e. The lowest BCUT2D eigenvalue weighted by Crippen LogP contribution is -2.21. The Morgan fingerprint density at radius 2 is 2.50 bits per heavy atom. The first kappa shape index (κ1) is 10.4. The molecule has 0 bridgehead atoms. The number of nitrogens with two attached hydrogens (primary N) is 1. The number of hydrogen-bond donors (Lipinski definition) is 2. The number of carbonyl (C=O) groups is 1. The number of aromatic nitrogens is 4. The van der Waals surface area contributed by atoms with Crippen LogP contribution in [0, 0.1) is 0 Å². The fourth-order valence-corrected chi connectivity index (χ4v) is 0.787. The van der Waals surface area contributed by atoms with Gasteiger partial charge in [0.05, 0.1) is 6.61 Å². The quantitative estimate of drug-likeness (QED) is 0.520. The summed E-state index contributed by atoms with van der Waals surface area (Å²) in [7, 11) is 1.71. The standard InChI is InChI=1S/C6H12N6O2/c1-12-6(9-10-11-12)8-2-3-14-4-5(7)13/h2-4H2,1H3,(H2,7,13)(H,8,9,11). The fraction of sp³-hybridized carbons (Fsp3) is 0.667. The third-order valence-corrected chi connectivity index (χ3v) is 1.39. The highest BCUT2D eigenvalue weighted by Crippen LogP contribution is 1.93. The summed E-state index contributed by atoms with van der Waals surface area (Å²) in [5.74, 6) is 0.0676. The highest BCUT2D eigenvalue weighted by atomic mass is 16.5. The van der Waals surface area contributed by atoms with Crippen LogP contribution in [0.15, 0.2) is 0 Å². The van der Waals surface area contributed by atoms with E-state index in [0.29, 0.717) is 19.1 Å². The molecule has 1 amide bonds. The molecular formula is C6H12N6O2. The molecule has 1 heterocycles. The number of anilines is 1. The second kappa shape index (κ2) is 5.12. The Morgan fingerprint density at radius 1 is 1.71 bits per heavy atom. The van der Waals surface area contributed by atoms with Crippen molar-refractivity contribution in [1.82, 2.24) is 20.2 Å². The van der Waals surface area contributed by atoms with E-state index in [0.717, 1.165) is 0 Å². The number of rotatable bonds is 6. The van der Waals surface area contributed by atoms with Crippen molar-refractivity contribution in [3.63, 3.8) is 0 Å². The smallest absolute Gasteiger partial charge is 0.243 e. The Balaban J connectivity index is 2.10. The van der Waals surface area contributed by atoms with Gasteiger partial charge in [-0.25, -0.2) is 4.68 Å². The lowest BCUT2D eigenvalue weighted by Gasteiger charge is -2.03. The Morgan fingerprint density at radius 3 is 3.07 bits per heavy atom. The number of nitrogens with one attached hydrogen (secondary N) is 1. The van der Waals surface area contributed by atoms with E-state index in [2.05, 4.69) is 20.8 Å². The lowest BCUT2D eigenvalue weighted by molar-refractivity contribution is -0.122. The normalized spacial score (nSPS) is 10.1. The summed E-state index contributed by atoms with van der Waals surface area (Å²) in [5.41, 5.74) is 4.87. The molecule has 0 aromatic carbocycles. The molecule has 0 fully saturated rings. The molecule has 14 heavy (non-hydrogen) atoms. The van der Waals surface area contributed by atoms with Gasteiger partial charge in [-0.2, -0.15) is 0 Å². The van der Waals surface area contributed by atoms with E-state index in [9.17, 15) is 4.79 Å². The maximum Gasteiger partial charge on any atom is 0.243 e. The second-order valence-corrected chi connectivity index (χ2v) is 2.57. The molecule has 0 aliphatic heterocycles. The number of hydrogen-bond acceptors (Lipinski definition) is 6. The summed E-state index contributed by atoms with van der Waals surface area (Å²) in [6, 6.07) is 0. The predicted octanol–water partition coefficient (Wildman–Crippen LogP) is -1.88. The third-order valence-electron chi connectivity index (χ3n) is 1.39. The van der Waals surface area contributed by atoms with E-state index in [1.54, 1.807) is 7.05 Å². The summed E-state index contributed by atoms with van der Waals surface area (Å²) in [5, 5.41) is 13.7. The first-order chi connectivity index (χ1) is 6.70. The maximum absolute atomic E-state index is 10.3. The molecule has 8 heteroatoms. The van der Waals surface area contributed by atoms with Crippen LogP contribution in [0.1, 0.15) is 0 Å². The number of primary amides is 1. The van der Waals surface area contributed by atoms with Crippen LogP contribution < -0.4 is 11.1 Å². The summed E-state index contributed by atoms with van der Waals surface area (Å²) in [6.45, 7) is 0.816. The molecule has 1 aromatic rings. The van der Waals surface area contributed by atoms with Gasteiger partial charge in [0.15, 0.2) is 0 Å². The van der Waals surface area contributed by atoms with Crippen molar-refractivity contribution in [3.8, 4) is 0 Å². The zero-order chi connectivity index (χ0) is 10.4. The topological polar surface area (TPSA) is 108 Å². The van der Waals surface area contributed by atoms with Gasteiger partial charge in [-0.1, -0.05) is 5.10 Å². The van der Waals surface area contributed by atoms with Gasteiger partial charge in [-0.15, -0.1) is 0 Å². The van der Waals surface area contributed by atoms with Crippen molar-refractivity contribution in [2.75, 3.05) is 25.1 Å². The third kappa shape index (κ3) is 3.35. The zero-order valence-electron chi connectivity index (χ0n) is 7.80. The number of carbonyl (C=O) groups excluding carboxylic acids is 1. The lowest BCUT2D eigenvalue weighted by atomic mass is 10.6. The molecule has 1 aromatic heterocycles. The summed E-state index contributed by atoms with van der Waals surface area (Å²) < 4.78 is 6.41. The van der Waals surface area contributed by atoms with Crippen LogP contribution in [0.4, 0.5) is 5.95 Å². The van der Waals surface area contributed by atoms with E-state index in [-0.39, 0.29) is 6.61 Å². The van der Waals surface area contributed by atoms with Gasteiger partial charge in [-0.3, -0.25) is 4.79 Å². The van der Waals surface area contributed by atoms with E-state index in [1.165, 1.54) is 4.68 Å². The van der Waals surface area contributed by atoms with Crippen LogP contribution in [-0.2, 0) is 16.6 Å². The summed E-state index contributed by atoms with van der Waals surface area (Å²) >= 11 is 0. The highest BCUT2D eigenvalue weighted by Gasteiger charge is 1.99. The average molecular weight is 200 g/mol. The molecule has 0 aliphatic carbocycles. The fourth-order valence-electron chi connectivity index (χ4n) is 0.787. The second-order valence-electron chi connectivity index (χ2n) is 2.57. The highest BCUT2D eigenvalue weighted by molar-refractivity contribution is 5.74. The van der Waals surface area contributed by atoms with Gasteiger partial charge in [0, 0.05) is 13.6 Å². The minimum atomic E-state index is -0.481. The van der Waals surface area contributed by atoms with Crippen LogP contribution in [0.25, 0.3) is 0 Å². The molecular weight excluding hydrogens is 188 g/mol. The molecule has 0 atom stereocenters. The molecule has 0 spiro atoms. The first-order valence-corrected chi connectivity index (χ1v) is 4.02. The van der Waals surface area contributed by atoms with Crippen LogP contribution in [0.5, 0.6) is 0 Å². The molecule has 78 valence electrons. The van der Waals surface area contributed by atoms with Gasteiger partial charge in [0.2, 0.25) is 11.9 Å². The van der Waals surface area contributed by atoms with Crippen molar-refractivity contribution in [2.45, 2.75) is 0 Å². The van der Waals surface area contributed by atoms with E-state index < -0.39 is 5.91 Å². The SMILES string of the molecule is Cn1nnnc1NCCOCC(N)=O. The Bertz CT molecular complexity index is 298. The van der Waals surface area contributed by atoms with E-state index in [1.807, 2.05) is 0 Å². The predicted molar refractivity (Wildman–Crippen MR) is 47.3 cm³/mol. The number of amides is 1. The van der Waals surface area contributed by atoms with Gasteiger partial charge in [0.25, 0.3) is 0 Å². The summed E-state index contributed by atoms with van der Waals surface area (Å²) in [6.07, 6.45) is 0. The average Bonchev–Trinajstić information content (AvgIpc) is 2.51. The van der Waals surface area contributed by atoms with Crippen LogP contribution in [0.2, 0.25) is 0 Å². The van der Waals surface area contributed by atoms with E-state index >= 15 is 0 Å². The minimum absolute atomic E-state index is 0.0707. The number of aryl methyl sites for hydroxylation is 1.